The van der Waals surface area contributed by atoms with Gasteiger partial charge >= 0.3 is 0 Å². The van der Waals surface area contributed by atoms with Crippen LogP contribution in [0.15, 0.2) is 48.5 Å². The monoisotopic (exact) mass is 402 g/mol. The summed E-state index contributed by atoms with van der Waals surface area (Å²) in [6, 6.07) is 15.9. The molecular formula is C24H26N4O2. The van der Waals surface area contributed by atoms with Crippen LogP contribution in [0.4, 0.5) is 5.69 Å². The van der Waals surface area contributed by atoms with E-state index in [9.17, 15) is 9.59 Å². The fourth-order valence-electron chi connectivity index (χ4n) is 3.91. The summed E-state index contributed by atoms with van der Waals surface area (Å²) in [6.07, 6.45) is 0.460. The molecule has 6 nitrogen and oxygen atoms in total. The van der Waals surface area contributed by atoms with Gasteiger partial charge < -0.3 is 4.90 Å². The maximum atomic E-state index is 13.3. The Morgan fingerprint density at radius 3 is 2.43 bits per heavy atom. The number of carbonyl (C=O) groups excluding carboxylic acids is 2. The van der Waals surface area contributed by atoms with E-state index < -0.39 is 0 Å². The molecular weight excluding hydrogens is 376 g/mol. The molecule has 30 heavy (non-hydrogen) atoms. The van der Waals surface area contributed by atoms with E-state index in [1.54, 1.807) is 4.90 Å². The Morgan fingerprint density at radius 1 is 1.00 bits per heavy atom. The average Bonchev–Trinajstić information content (AvgIpc) is 3.18. The first-order chi connectivity index (χ1) is 14.5. The van der Waals surface area contributed by atoms with E-state index in [1.807, 2.05) is 74.0 Å². The van der Waals surface area contributed by atoms with Gasteiger partial charge in [0.15, 0.2) is 0 Å². The number of para-hydroxylation sites is 1. The van der Waals surface area contributed by atoms with E-state index in [2.05, 4.69) is 10.3 Å². The summed E-state index contributed by atoms with van der Waals surface area (Å²) in [4.78, 5) is 27.2. The van der Waals surface area contributed by atoms with Gasteiger partial charge in [0, 0.05) is 36.4 Å². The van der Waals surface area contributed by atoms with Crippen molar-refractivity contribution in [3.63, 3.8) is 0 Å². The van der Waals surface area contributed by atoms with E-state index in [0.717, 1.165) is 33.8 Å². The van der Waals surface area contributed by atoms with Gasteiger partial charge in [-0.3, -0.25) is 9.59 Å². The third kappa shape index (κ3) is 3.54. The number of nitrogens with zero attached hydrogens (tertiary/aromatic N) is 4. The molecule has 0 aliphatic carbocycles. The maximum absolute atomic E-state index is 13.3. The number of carbonyl (C=O) groups is 2. The lowest BCUT2D eigenvalue weighted by atomic mass is 9.95. The lowest BCUT2D eigenvalue weighted by Crippen LogP contribution is -2.32. The predicted octanol–water partition coefficient (Wildman–Crippen LogP) is 4.48. The maximum Gasteiger partial charge on any atom is 0.227 e. The largest absolute Gasteiger partial charge is 0.307 e. The van der Waals surface area contributed by atoms with Crippen molar-refractivity contribution < 1.29 is 9.59 Å². The number of aromatic nitrogens is 3. The summed E-state index contributed by atoms with van der Waals surface area (Å²) in [6.45, 7) is 6.88. The highest BCUT2D eigenvalue weighted by Crippen LogP contribution is 2.41. The Labute approximate surface area is 176 Å². The summed E-state index contributed by atoms with van der Waals surface area (Å²) in [5, 5.41) is 8.85. The first-order valence-electron chi connectivity index (χ1n) is 10.5. The minimum absolute atomic E-state index is 0.0507. The number of Topliss-reactive ketones (excluding diaryl/α,β-unsaturated/α-hetero) is 1. The Morgan fingerprint density at radius 2 is 1.70 bits per heavy atom. The van der Waals surface area contributed by atoms with Gasteiger partial charge in [0.2, 0.25) is 5.91 Å². The SMILES string of the molecule is CCn1nnc2c1-c1ccccc1N(C(=O)CCC(=O)C(C)C)Cc1ccccc1-2. The van der Waals surface area contributed by atoms with Gasteiger partial charge in [-0.1, -0.05) is 61.5 Å². The number of hydrogen-bond acceptors (Lipinski definition) is 4. The van der Waals surface area contributed by atoms with Crippen molar-refractivity contribution >= 4 is 17.4 Å². The number of benzene rings is 2. The number of hydrogen-bond donors (Lipinski definition) is 0. The van der Waals surface area contributed by atoms with Crippen molar-refractivity contribution in [1.29, 1.82) is 0 Å². The first-order valence-corrected chi connectivity index (χ1v) is 10.5. The zero-order valence-electron chi connectivity index (χ0n) is 17.6. The lowest BCUT2D eigenvalue weighted by Gasteiger charge is -2.28. The highest BCUT2D eigenvalue weighted by atomic mass is 16.2. The third-order valence-corrected chi connectivity index (χ3v) is 5.62. The van der Waals surface area contributed by atoms with Crippen molar-refractivity contribution in [3.8, 4) is 22.5 Å². The molecule has 0 spiro atoms. The first kappa shape index (κ1) is 20.0. The van der Waals surface area contributed by atoms with E-state index in [4.69, 9.17) is 0 Å². The molecule has 154 valence electrons. The summed E-state index contributed by atoms with van der Waals surface area (Å²) in [5.41, 5.74) is 5.50. The van der Waals surface area contributed by atoms with Crippen molar-refractivity contribution in [1.82, 2.24) is 15.0 Å². The van der Waals surface area contributed by atoms with Crippen LogP contribution in [0.2, 0.25) is 0 Å². The van der Waals surface area contributed by atoms with E-state index in [-0.39, 0.29) is 30.4 Å². The van der Waals surface area contributed by atoms with Crippen LogP contribution in [-0.2, 0) is 22.7 Å². The highest BCUT2D eigenvalue weighted by molar-refractivity contribution is 6.01. The van der Waals surface area contributed by atoms with Crippen molar-refractivity contribution in [2.45, 2.75) is 46.7 Å². The van der Waals surface area contributed by atoms with Crippen LogP contribution in [0.25, 0.3) is 22.5 Å². The molecule has 1 aliphatic heterocycles. The molecule has 1 amide bonds. The second kappa shape index (κ2) is 8.22. The Kier molecular flexibility index (Phi) is 5.48. The molecule has 2 heterocycles. The summed E-state index contributed by atoms with van der Waals surface area (Å²) in [5.74, 6) is -0.00413. The number of fused-ring (bicyclic) bond motifs is 5. The smallest absolute Gasteiger partial charge is 0.227 e. The van der Waals surface area contributed by atoms with E-state index in [1.165, 1.54) is 0 Å². The molecule has 4 rings (SSSR count). The fourth-order valence-corrected chi connectivity index (χ4v) is 3.91. The molecule has 0 saturated carbocycles. The zero-order valence-corrected chi connectivity index (χ0v) is 17.6. The fraction of sp³-hybridized carbons (Fsp3) is 0.333. The normalized spacial score (nSPS) is 12.6. The van der Waals surface area contributed by atoms with Crippen LogP contribution >= 0.6 is 0 Å². The summed E-state index contributed by atoms with van der Waals surface area (Å²) < 4.78 is 1.88. The van der Waals surface area contributed by atoms with Crippen molar-refractivity contribution in [3.05, 3.63) is 54.1 Å². The molecule has 6 heteroatoms. The van der Waals surface area contributed by atoms with Gasteiger partial charge in [-0.2, -0.15) is 0 Å². The minimum Gasteiger partial charge on any atom is -0.307 e. The molecule has 0 N–H and O–H groups in total. The number of anilines is 1. The molecule has 0 atom stereocenters. The number of rotatable bonds is 5. The van der Waals surface area contributed by atoms with Crippen LogP contribution in [0, 0.1) is 5.92 Å². The van der Waals surface area contributed by atoms with E-state index >= 15 is 0 Å². The van der Waals surface area contributed by atoms with Gasteiger partial charge in [-0.25, -0.2) is 4.68 Å². The van der Waals surface area contributed by atoms with Crippen molar-refractivity contribution in [2.24, 2.45) is 5.92 Å². The molecule has 3 aromatic rings. The van der Waals surface area contributed by atoms with Gasteiger partial charge in [-0.05, 0) is 18.6 Å². The Bertz CT molecular complexity index is 1100. The molecule has 1 aliphatic rings. The van der Waals surface area contributed by atoms with Crippen LogP contribution < -0.4 is 4.90 Å². The average molecular weight is 402 g/mol. The Balaban J connectivity index is 1.85. The minimum atomic E-state index is -0.0642. The van der Waals surface area contributed by atoms with Crippen LogP contribution in [0.1, 0.15) is 39.2 Å². The standard InChI is InChI=1S/C24H26N4O2/c1-4-28-24-19-11-7-8-12-20(19)27(22(30)14-13-21(29)16(2)3)15-17-9-5-6-10-18(17)23(24)25-26-28/h5-12,16H,4,13-15H2,1-3H3. The van der Waals surface area contributed by atoms with E-state index in [0.29, 0.717) is 13.1 Å². The third-order valence-electron chi connectivity index (χ3n) is 5.62. The molecule has 0 unspecified atom stereocenters. The lowest BCUT2D eigenvalue weighted by molar-refractivity contribution is -0.125. The summed E-state index contributed by atoms with van der Waals surface area (Å²) >= 11 is 0. The second-order valence-electron chi connectivity index (χ2n) is 7.88. The molecule has 0 radical (unpaired) electrons. The van der Waals surface area contributed by atoms with Gasteiger partial charge in [-0.15, -0.1) is 5.10 Å². The highest BCUT2D eigenvalue weighted by Gasteiger charge is 2.28. The van der Waals surface area contributed by atoms with Gasteiger partial charge in [0.05, 0.1) is 17.9 Å². The number of aryl methyl sites for hydroxylation is 1. The molecule has 1 aromatic heterocycles. The molecule has 0 bridgehead atoms. The van der Waals surface area contributed by atoms with Crippen LogP contribution in [0.3, 0.4) is 0 Å². The number of ketones is 1. The molecule has 0 fully saturated rings. The predicted molar refractivity (Wildman–Crippen MR) is 117 cm³/mol. The van der Waals surface area contributed by atoms with Gasteiger partial charge in [0.25, 0.3) is 0 Å². The summed E-state index contributed by atoms with van der Waals surface area (Å²) in [7, 11) is 0. The van der Waals surface area contributed by atoms with Crippen molar-refractivity contribution in [2.75, 3.05) is 4.90 Å². The zero-order chi connectivity index (χ0) is 21.3. The number of amides is 1. The van der Waals surface area contributed by atoms with Crippen LogP contribution in [-0.4, -0.2) is 26.7 Å². The quantitative estimate of drug-likeness (QED) is 0.631. The van der Waals surface area contributed by atoms with Gasteiger partial charge in [0.1, 0.15) is 11.5 Å². The second-order valence-corrected chi connectivity index (χ2v) is 7.88. The molecule has 2 aromatic carbocycles. The Hall–Kier alpha value is -3.28. The topological polar surface area (TPSA) is 68.1 Å². The van der Waals surface area contributed by atoms with Crippen LogP contribution in [0.5, 0.6) is 0 Å². The molecule has 0 saturated heterocycles.